The highest BCUT2D eigenvalue weighted by Gasteiger charge is 2.48. The van der Waals surface area contributed by atoms with E-state index in [1.807, 2.05) is 0 Å². The third-order valence-corrected chi connectivity index (χ3v) is 7.79. The molecule has 3 aromatic rings. The number of phenolic OH excluding ortho intramolecular Hbond substituents is 3. The predicted octanol–water partition coefficient (Wildman–Crippen LogP) is -0.813. The van der Waals surface area contributed by atoms with Crippen molar-refractivity contribution in [1.29, 1.82) is 0 Å². The molecule has 17 heteroatoms. The summed E-state index contributed by atoms with van der Waals surface area (Å²) in [6.45, 7) is 1.97. The normalized spacial score (nSPS) is 31.0. The molecule has 8 N–H and O–H groups in total. The number of fused-ring (bicyclic) bond motifs is 1. The molecule has 0 unspecified atom stereocenters. The minimum atomic E-state index is -1.96. The Morgan fingerprint density at radius 1 is 0.872 bits per heavy atom. The van der Waals surface area contributed by atoms with Crippen LogP contribution in [-0.2, 0) is 23.7 Å². The molecule has 2 aliphatic heterocycles. The molecule has 2 aromatic carbocycles. The lowest BCUT2D eigenvalue weighted by atomic mass is 9.98. The standard InChI is InChI=1S/C30H34O17/c1-10-25(44-11(2)31)22(38)24(40)29(43-10)42-9-16-18(34)21(37)23(39)30(46-16)47-28-20(36)17-15(8-14(33)27(41-3)19(17)35)45-26(28)12-4-6-13(32)7-5-12/h4-8,10,16,18,21-25,29-30,32-35,37-40H,9H2,1-3H3/t10-,16+,18+,21-,22-,23+,24+,25-,29+,30-/m0/s1. The van der Waals surface area contributed by atoms with Crippen molar-refractivity contribution >= 4 is 16.9 Å². The maximum absolute atomic E-state index is 13.8. The van der Waals surface area contributed by atoms with Crippen molar-refractivity contribution in [3.8, 4) is 40.1 Å². The molecule has 256 valence electrons. The second-order valence-corrected chi connectivity index (χ2v) is 11.0. The summed E-state index contributed by atoms with van der Waals surface area (Å²) >= 11 is 0. The van der Waals surface area contributed by atoms with E-state index in [1.54, 1.807) is 0 Å². The Kier molecular flexibility index (Phi) is 9.81. The number of benzene rings is 2. The van der Waals surface area contributed by atoms with Crippen LogP contribution in [0.3, 0.4) is 0 Å². The molecule has 2 fully saturated rings. The third kappa shape index (κ3) is 6.52. The Balaban J connectivity index is 1.45. The largest absolute Gasteiger partial charge is 0.508 e. The number of carbonyl (C=O) groups is 1. The molecule has 10 atom stereocenters. The predicted molar refractivity (Wildman–Crippen MR) is 155 cm³/mol. The first-order valence-electron chi connectivity index (χ1n) is 14.3. The van der Waals surface area contributed by atoms with Gasteiger partial charge in [-0.15, -0.1) is 0 Å². The second-order valence-electron chi connectivity index (χ2n) is 11.0. The molecular weight excluding hydrogens is 632 g/mol. The van der Waals surface area contributed by atoms with Crippen molar-refractivity contribution < 1.29 is 78.5 Å². The summed E-state index contributed by atoms with van der Waals surface area (Å²) in [5, 5.41) is 83.4. The summed E-state index contributed by atoms with van der Waals surface area (Å²) in [5.74, 6) is -3.55. The van der Waals surface area contributed by atoms with Crippen molar-refractivity contribution in [2.75, 3.05) is 13.7 Å². The first-order chi connectivity index (χ1) is 22.2. The second kappa shape index (κ2) is 13.5. The molecule has 0 bridgehead atoms. The number of esters is 1. The van der Waals surface area contributed by atoms with E-state index in [-0.39, 0.29) is 22.7 Å². The van der Waals surface area contributed by atoms with Crippen LogP contribution < -0.4 is 14.9 Å². The maximum atomic E-state index is 13.8. The van der Waals surface area contributed by atoms with Crippen LogP contribution in [0.4, 0.5) is 0 Å². The fourth-order valence-electron chi connectivity index (χ4n) is 5.35. The molecule has 47 heavy (non-hydrogen) atoms. The van der Waals surface area contributed by atoms with Gasteiger partial charge in [0.1, 0.15) is 53.3 Å². The van der Waals surface area contributed by atoms with Crippen LogP contribution >= 0.6 is 0 Å². The van der Waals surface area contributed by atoms with E-state index in [1.165, 1.54) is 31.2 Å². The Morgan fingerprint density at radius 2 is 1.53 bits per heavy atom. The molecule has 0 saturated carbocycles. The van der Waals surface area contributed by atoms with Gasteiger partial charge in [-0.1, -0.05) is 0 Å². The molecule has 1 aromatic heterocycles. The number of aromatic hydroxyl groups is 3. The molecule has 5 rings (SSSR count). The van der Waals surface area contributed by atoms with E-state index in [2.05, 4.69) is 0 Å². The van der Waals surface area contributed by atoms with Gasteiger partial charge in [-0.2, -0.15) is 0 Å². The average molecular weight is 667 g/mol. The molecule has 2 aliphatic rings. The van der Waals surface area contributed by atoms with E-state index in [4.69, 9.17) is 32.8 Å². The molecule has 2 saturated heterocycles. The van der Waals surface area contributed by atoms with Gasteiger partial charge in [0.05, 0.1) is 19.8 Å². The number of methoxy groups -OCH3 is 1. The van der Waals surface area contributed by atoms with Crippen LogP contribution in [0, 0.1) is 0 Å². The maximum Gasteiger partial charge on any atom is 0.303 e. The minimum Gasteiger partial charge on any atom is -0.508 e. The van der Waals surface area contributed by atoms with Crippen LogP contribution in [0.15, 0.2) is 39.5 Å². The highest BCUT2D eigenvalue weighted by atomic mass is 16.7. The molecule has 17 nitrogen and oxygen atoms in total. The van der Waals surface area contributed by atoms with Crippen molar-refractivity contribution in [3.05, 3.63) is 40.6 Å². The fraction of sp³-hybridized carbons (Fsp3) is 0.467. The molecular formula is C30H34O17. The third-order valence-electron chi connectivity index (χ3n) is 7.79. The zero-order chi connectivity index (χ0) is 34.3. The summed E-state index contributed by atoms with van der Waals surface area (Å²) in [6.07, 6.45) is -16.0. The number of phenols is 3. The number of hydrogen-bond acceptors (Lipinski definition) is 17. The van der Waals surface area contributed by atoms with Crippen LogP contribution in [0.1, 0.15) is 13.8 Å². The Labute approximate surface area is 265 Å². The van der Waals surface area contributed by atoms with Gasteiger partial charge in [0.15, 0.2) is 29.7 Å². The van der Waals surface area contributed by atoms with Gasteiger partial charge in [-0.3, -0.25) is 9.59 Å². The lowest BCUT2D eigenvalue weighted by Gasteiger charge is -2.43. The van der Waals surface area contributed by atoms with Crippen molar-refractivity contribution in [1.82, 2.24) is 0 Å². The summed E-state index contributed by atoms with van der Waals surface area (Å²) in [5.41, 5.74) is -1.13. The summed E-state index contributed by atoms with van der Waals surface area (Å²) in [4.78, 5) is 25.2. The van der Waals surface area contributed by atoms with Gasteiger partial charge >= 0.3 is 5.97 Å². The van der Waals surface area contributed by atoms with Gasteiger partial charge < -0.3 is 73.7 Å². The van der Waals surface area contributed by atoms with E-state index in [9.17, 15) is 50.4 Å². The van der Waals surface area contributed by atoms with Crippen molar-refractivity contribution in [3.63, 3.8) is 0 Å². The number of aliphatic hydroxyl groups excluding tert-OH is 5. The fourth-order valence-corrected chi connectivity index (χ4v) is 5.35. The molecule has 0 radical (unpaired) electrons. The molecule has 0 spiro atoms. The lowest BCUT2D eigenvalue weighted by molar-refractivity contribution is -0.319. The Hall–Kier alpha value is -4.20. The first-order valence-corrected chi connectivity index (χ1v) is 14.3. The molecule has 0 aliphatic carbocycles. The summed E-state index contributed by atoms with van der Waals surface area (Å²) < 4.78 is 38.4. The number of carbonyl (C=O) groups excluding carboxylic acids is 1. The number of aliphatic hydroxyl groups is 5. The van der Waals surface area contributed by atoms with E-state index < -0.39 is 108 Å². The van der Waals surface area contributed by atoms with Gasteiger partial charge in [-0.25, -0.2) is 0 Å². The van der Waals surface area contributed by atoms with E-state index in [0.717, 1.165) is 20.1 Å². The zero-order valence-electron chi connectivity index (χ0n) is 25.1. The topological polar surface area (TPSA) is 264 Å². The quantitative estimate of drug-likeness (QED) is 0.137. The first kappa shape index (κ1) is 34.1. The van der Waals surface area contributed by atoms with E-state index >= 15 is 0 Å². The smallest absolute Gasteiger partial charge is 0.303 e. The Morgan fingerprint density at radius 3 is 2.17 bits per heavy atom. The SMILES string of the molecule is COc1c(O)cc2oc(-c3ccc(O)cc3)c(O[C@@H]3O[C@H](CO[C@@H]4O[C@@H](C)[C@H](OC(C)=O)[C@@H](O)[C@H]4O)[C@@H](O)[C@H](O)[C@H]3O)c(=O)c2c1O. The van der Waals surface area contributed by atoms with Crippen LogP contribution in [0.5, 0.6) is 28.7 Å². The van der Waals surface area contributed by atoms with Crippen LogP contribution in [0.2, 0.25) is 0 Å². The van der Waals surface area contributed by atoms with Gasteiger partial charge in [0, 0.05) is 18.6 Å². The van der Waals surface area contributed by atoms with Gasteiger partial charge in [0.25, 0.3) is 0 Å². The van der Waals surface area contributed by atoms with Crippen LogP contribution in [-0.4, -0.2) is 122 Å². The molecule has 0 amide bonds. The zero-order valence-corrected chi connectivity index (χ0v) is 25.1. The number of ether oxygens (including phenoxy) is 6. The summed E-state index contributed by atoms with van der Waals surface area (Å²) in [6, 6.07) is 6.30. The highest BCUT2D eigenvalue weighted by Crippen LogP contribution is 2.44. The monoisotopic (exact) mass is 666 g/mol. The number of rotatable bonds is 8. The molecule has 3 heterocycles. The van der Waals surface area contributed by atoms with Crippen molar-refractivity contribution in [2.45, 2.75) is 75.3 Å². The number of hydrogen-bond donors (Lipinski definition) is 8. The summed E-state index contributed by atoms with van der Waals surface area (Å²) in [7, 11) is 1.14. The van der Waals surface area contributed by atoms with Crippen LogP contribution in [0.25, 0.3) is 22.3 Å². The minimum absolute atomic E-state index is 0.124. The van der Waals surface area contributed by atoms with Crippen molar-refractivity contribution in [2.24, 2.45) is 0 Å². The van der Waals surface area contributed by atoms with Gasteiger partial charge in [0.2, 0.25) is 23.2 Å². The van der Waals surface area contributed by atoms with Gasteiger partial charge in [-0.05, 0) is 31.2 Å². The Bertz CT molecular complexity index is 1660. The average Bonchev–Trinajstić information content (AvgIpc) is 3.02. The highest BCUT2D eigenvalue weighted by molar-refractivity contribution is 5.91. The lowest BCUT2D eigenvalue weighted by Crippen LogP contribution is -2.62. The van der Waals surface area contributed by atoms with E-state index in [0.29, 0.717) is 0 Å².